The maximum atomic E-state index is 11.4. The summed E-state index contributed by atoms with van der Waals surface area (Å²) in [6.07, 6.45) is 5.34. The summed E-state index contributed by atoms with van der Waals surface area (Å²) in [5.41, 5.74) is 2.61. The molecule has 2 aliphatic heterocycles. The Kier molecular flexibility index (Phi) is 12.4. The average molecular weight is 504 g/mol. The fraction of sp³-hybridized carbons (Fsp3) is 0.615. The smallest absolute Gasteiger partial charge is 0.327 e. The topological polar surface area (TPSA) is 110 Å². The van der Waals surface area contributed by atoms with Gasteiger partial charge in [-0.05, 0) is 58.7 Å². The Bertz CT molecular complexity index is 914. The Hall–Kier alpha value is -2.98. The molecule has 2 unspecified atom stereocenters. The summed E-state index contributed by atoms with van der Waals surface area (Å²) in [4.78, 5) is 30.0. The number of nitrogens with zero attached hydrogens (tertiary/aromatic N) is 4. The van der Waals surface area contributed by atoms with Crippen molar-refractivity contribution in [3.63, 3.8) is 0 Å². The molecule has 0 radical (unpaired) electrons. The fourth-order valence-electron chi connectivity index (χ4n) is 4.06. The number of carbonyl (C=O) groups is 1. The molecule has 1 aromatic carbocycles. The van der Waals surface area contributed by atoms with Crippen LogP contribution in [-0.2, 0) is 20.8 Å². The lowest BCUT2D eigenvalue weighted by Gasteiger charge is -2.33. The van der Waals surface area contributed by atoms with E-state index in [1.807, 2.05) is 6.92 Å². The molecule has 1 N–H and O–H groups in total. The summed E-state index contributed by atoms with van der Waals surface area (Å²) in [6, 6.07) is 8.83. The molecule has 0 aliphatic carbocycles. The van der Waals surface area contributed by atoms with Gasteiger partial charge in [0.15, 0.2) is 0 Å². The van der Waals surface area contributed by atoms with Crippen molar-refractivity contribution >= 4 is 11.8 Å². The summed E-state index contributed by atoms with van der Waals surface area (Å²) in [6.45, 7) is 11.5. The number of hydrogen-bond acceptors (Lipinski definition) is 8. The number of esters is 1. The quantitative estimate of drug-likeness (QED) is 0.293. The van der Waals surface area contributed by atoms with E-state index >= 15 is 0 Å². The zero-order valence-corrected chi connectivity index (χ0v) is 22.2. The van der Waals surface area contributed by atoms with Crippen LogP contribution < -0.4 is 5.32 Å². The van der Waals surface area contributed by atoms with E-state index in [0.29, 0.717) is 0 Å². The van der Waals surface area contributed by atoms with E-state index < -0.39 is 17.2 Å². The highest BCUT2D eigenvalue weighted by Gasteiger charge is 2.31. The van der Waals surface area contributed by atoms with Gasteiger partial charge in [-0.25, -0.2) is 0 Å². The van der Waals surface area contributed by atoms with Gasteiger partial charge < -0.3 is 19.7 Å². The van der Waals surface area contributed by atoms with Crippen molar-refractivity contribution in [2.45, 2.75) is 72.4 Å². The summed E-state index contributed by atoms with van der Waals surface area (Å²) < 4.78 is 10.6. The van der Waals surface area contributed by atoms with Gasteiger partial charge in [-0.15, -0.1) is 0 Å². The van der Waals surface area contributed by atoms with Gasteiger partial charge in [0.1, 0.15) is 6.54 Å². The van der Waals surface area contributed by atoms with Crippen LogP contribution in [0.3, 0.4) is 0 Å². The molecule has 2 atom stereocenters. The van der Waals surface area contributed by atoms with Gasteiger partial charge in [0.05, 0.1) is 23.8 Å². The van der Waals surface area contributed by atoms with Gasteiger partial charge in [-0.2, -0.15) is 0 Å². The van der Waals surface area contributed by atoms with Crippen molar-refractivity contribution in [3.05, 3.63) is 57.4 Å². The van der Waals surface area contributed by atoms with Gasteiger partial charge in [-0.3, -0.25) is 24.8 Å². The molecule has 10 heteroatoms. The Balaban J connectivity index is 0.000000293. The first-order chi connectivity index (χ1) is 17.2. The van der Waals surface area contributed by atoms with Crippen LogP contribution in [0.25, 0.3) is 0 Å². The minimum absolute atomic E-state index is 0.00912. The Labute approximate surface area is 214 Å². The molecule has 0 amide bonds. The summed E-state index contributed by atoms with van der Waals surface area (Å²) in [5.74, 6) is -0.532. The number of amidine groups is 1. The first-order valence-electron chi connectivity index (χ1n) is 12.7. The second-order valence-corrected chi connectivity index (χ2v) is 9.11. The molecule has 36 heavy (non-hydrogen) atoms. The maximum absolute atomic E-state index is 11.4. The molecule has 1 saturated heterocycles. The predicted molar refractivity (Wildman–Crippen MR) is 140 cm³/mol. The third-order valence-electron chi connectivity index (χ3n) is 5.81. The molecule has 0 saturated carbocycles. The van der Waals surface area contributed by atoms with Crippen molar-refractivity contribution in [2.75, 3.05) is 33.3 Å². The standard InChI is InChI=1S/C14H24N4O5.C12H17N/c1-5-7-10(3)23-14-16-13(15-8-12(19)22-6-2)11(18(20)21)9-17(14)4;1-11-5-4-6-12(9-11)10-13-7-2-3-8-13/h9-10,14H,5-8H2,1-4H3,(H,15,16);4-6,9H,2-3,7-8,10H2,1H3. The predicted octanol–water partition coefficient (Wildman–Crippen LogP) is 3.68. The van der Waals surface area contributed by atoms with Crippen LogP contribution in [0.15, 0.2) is 41.2 Å². The monoisotopic (exact) mass is 503 g/mol. The van der Waals surface area contributed by atoms with Crippen LogP contribution in [0, 0.1) is 17.0 Å². The number of nitro groups is 1. The molecular weight excluding hydrogens is 462 g/mol. The number of likely N-dealkylation sites (tertiary alicyclic amines) is 1. The van der Waals surface area contributed by atoms with E-state index in [1.54, 1.807) is 18.9 Å². The summed E-state index contributed by atoms with van der Waals surface area (Å²) in [7, 11) is 1.67. The number of carbonyl (C=O) groups excluding carboxylic acids is 1. The van der Waals surface area contributed by atoms with E-state index in [0.717, 1.165) is 19.4 Å². The zero-order valence-electron chi connectivity index (χ0n) is 22.2. The normalized spacial score (nSPS) is 19.7. The van der Waals surface area contributed by atoms with E-state index in [-0.39, 0.29) is 30.8 Å². The van der Waals surface area contributed by atoms with Crippen LogP contribution >= 0.6 is 0 Å². The van der Waals surface area contributed by atoms with Gasteiger partial charge in [0.25, 0.3) is 0 Å². The number of aryl methyl sites for hydroxylation is 1. The Morgan fingerprint density at radius 3 is 2.64 bits per heavy atom. The summed E-state index contributed by atoms with van der Waals surface area (Å²) >= 11 is 0. The largest absolute Gasteiger partial charge is 0.465 e. The first-order valence-corrected chi connectivity index (χ1v) is 12.7. The van der Waals surface area contributed by atoms with Crippen molar-refractivity contribution in [1.29, 1.82) is 0 Å². The number of hydrogen-bond donors (Lipinski definition) is 1. The maximum Gasteiger partial charge on any atom is 0.327 e. The fourth-order valence-corrected chi connectivity index (χ4v) is 4.06. The molecular formula is C26H41N5O5. The molecule has 10 nitrogen and oxygen atoms in total. The highest BCUT2D eigenvalue weighted by atomic mass is 16.6. The van der Waals surface area contributed by atoms with Crippen molar-refractivity contribution in [3.8, 4) is 0 Å². The van der Waals surface area contributed by atoms with Crippen molar-refractivity contribution in [1.82, 2.24) is 15.1 Å². The molecule has 1 aromatic rings. The first kappa shape index (κ1) is 29.3. The lowest BCUT2D eigenvalue weighted by atomic mass is 10.1. The molecule has 0 bridgehead atoms. The number of ether oxygens (including phenoxy) is 2. The molecule has 0 aromatic heterocycles. The molecule has 200 valence electrons. The third-order valence-corrected chi connectivity index (χ3v) is 5.81. The van der Waals surface area contributed by atoms with Crippen LogP contribution in [0.1, 0.15) is 57.6 Å². The lowest BCUT2D eigenvalue weighted by Crippen LogP contribution is -2.52. The number of rotatable bonds is 10. The Morgan fingerprint density at radius 2 is 2.03 bits per heavy atom. The van der Waals surface area contributed by atoms with Gasteiger partial charge in [0, 0.05) is 13.6 Å². The van der Waals surface area contributed by atoms with Crippen LogP contribution in [0.2, 0.25) is 0 Å². The van der Waals surface area contributed by atoms with Crippen LogP contribution in [0.5, 0.6) is 0 Å². The number of nitrogens with one attached hydrogen (secondary N) is 1. The molecule has 2 heterocycles. The van der Waals surface area contributed by atoms with Gasteiger partial charge in [-0.1, -0.05) is 43.2 Å². The highest BCUT2D eigenvalue weighted by Crippen LogP contribution is 2.15. The Morgan fingerprint density at radius 1 is 1.31 bits per heavy atom. The second-order valence-electron chi connectivity index (χ2n) is 9.11. The van der Waals surface area contributed by atoms with Crippen molar-refractivity contribution in [2.24, 2.45) is 4.99 Å². The van der Waals surface area contributed by atoms with Gasteiger partial charge >= 0.3 is 11.7 Å². The van der Waals surface area contributed by atoms with E-state index in [4.69, 9.17) is 9.47 Å². The van der Waals surface area contributed by atoms with E-state index in [2.05, 4.69) is 53.3 Å². The van der Waals surface area contributed by atoms with Crippen LogP contribution in [-0.4, -0.2) is 72.3 Å². The van der Waals surface area contributed by atoms with Crippen LogP contribution in [0.4, 0.5) is 0 Å². The van der Waals surface area contributed by atoms with E-state index in [1.165, 1.54) is 43.3 Å². The van der Waals surface area contributed by atoms with E-state index in [9.17, 15) is 14.9 Å². The second kappa shape index (κ2) is 15.2. The van der Waals surface area contributed by atoms with Gasteiger partial charge in [0.2, 0.25) is 12.2 Å². The molecule has 0 spiro atoms. The molecule has 2 aliphatic rings. The lowest BCUT2D eigenvalue weighted by molar-refractivity contribution is -0.417. The average Bonchev–Trinajstić information content (AvgIpc) is 3.33. The number of benzene rings is 1. The molecule has 3 rings (SSSR count). The van der Waals surface area contributed by atoms with Crippen molar-refractivity contribution < 1.29 is 19.2 Å². The minimum atomic E-state index is -0.582. The SMILES string of the molecule is CCCC(C)OC1NC(=NCC(=O)OCC)C([N+](=O)[O-])=CN1C.Cc1cccc(CN2CCCC2)c1. The third kappa shape index (κ3) is 9.94. The minimum Gasteiger partial charge on any atom is -0.465 e. The summed E-state index contributed by atoms with van der Waals surface area (Å²) in [5, 5.41) is 14.0. The molecule has 1 fully saturated rings. The highest BCUT2D eigenvalue weighted by molar-refractivity contribution is 5.97. The number of aliphatic imine (C=N–C) groups is 1. The zero-order chi connectivity index (χ0) is 26.5.